The summed E-state index contributed by atoms with van der Waals surface area (Å²) in [5.41, 5.74) is 1.88. The van der Waals surface area contributed by atoms with Crippen LogP contribution in [0, 0.1) is 0 Å². The van der Waals surface area contributed by atoms with Crippen molar-refractivity contribution in [2.24, 2.45) is 0 Å². The van der Waals surface area contributed by atoms with Crippen molar-refractivity contribution in [3.63, 3.8) is 0 Å². The Bertz CT molecular complexity index is 806. The van der Waals surface area contributed by atoms with Crippen molar-refractivity contribution in [1.82, 2.24) is 9.97 Å². The molecule has 0 aliphatic carbocycles. The molecule has 0 spiro atoms. The van der Waals surface area contributed by atoms with E-state index in [1.807, 2.05) is 24.5 Å². The number of aliphatic hydroxyl groups is 1. The first kappa shape index (κ1) is 17.2. The molecule has 0 aliphatic rings. The molecule has 1 unspecified atom stereocenters. The van der Waals surface area contributed by atoms with Gasteiger partial charge in [-0.1, -0.05) is 44.7 Å². The molecule has 1 aromatic carbocycles. The lowest BCUT2D eigenvalue weighted by Crippen LogP contribution is -2.09. The van der Waals surface area contributed by atoms with E-state index in [0.29, 0.717) is 0 Å². The van der Waals surface area contributed by atoms with Crippen LogP contribution in [0.3, 0.4) is 0 Å². The van der Waals surface area contributed by atoms with Crippen LogP contribution in [0.4, 0.5) is 0 Å². The predicted molar refractivity (Wildman–Crippen MR) is 103 cm³/mol. The number of fused-ring (bicyclic) bond motifs is 3. The first-order chi connectivity index (χ1) is 11.8. The van der Waals surface area contributed by atoms with Gasteiger partial charge in [-0.15, -0.1) is 11.8 Å². The van der Waals surface area contributed by atoms with Crippen LogP contribution in [0.25, 0.3) is 21.8 Å². The standard InChI is InChI=1S/C20H24N2OS/c1-2-3-4-5-9-16(23)14-24-18-13-15-8-6-11-21-19(15)20-17(18)10-7-12-22-20/h6-8,10-13,16,23H,2-5,9,14H2,1H3. The molecule has 24 heavy (non-hydrogen) atoms. The summed E-state index contributed by atoms with van der Waals surface area (Å²) >= 11 is 1.72. The molecule has 3 nitrogen and oxygen atoms in total. The second-order valence-corrected chi connectivity index (χ2v) is 7.23. The van der Waals surface area contributed by atoms with Gasteiger partial charge in [-0.3, -0.25) is 9.97 Å². The Morgan fingerprint density at radius 3 is 2.67 bits per heavy atom. The highest BCUT2D eigenvalue weighted by Gasteiger charge is 2.11. The average Bonchev–Trinajstić information content (AvgIpc) is 2.63. The molecule has 0 aliphatic heterocycles. The minimum atomic E-state index is -0.247. The zero-order chi connectivity index (χ0) is 16.8. The van der Waals surface area contributed by atoms with Crippen LogP contribution in [-0.4, -0.2) is 26.9 Å². The summed E-state index contributed by atoms with van der Waals surface area (Å²) in [6.07, 6.45) is 9.08. The molecule has 0 fully saturated rings. The third kappa shape index (κ3) is 4.05. The van der Waals surface area contributed by atoms with Crippen molar-refractivity contribution in [3.8, 4) is 0 Å². The van der Waals surface area contributed by atoms with Crippen molar-refractivity contribution in [2.75, 3.05) is 5.75 Å². The molecule has 4 heteroatoms. The number of nitrogens with zero attached hydrogens (tertiary/aromatic N) is 2. The number of aromatic nitrogens is 2. The molecule has 0 radical (unpaired) electrons. The molecular weight excluding hydrogens is 316 g/mol. The van der Waals surface area contributed by atoms with Gasteiger partial charge in [-0.2, -0.15) is 0 Å². The smallest absolute Gasteiger partial charge is 0.0975 e. The van der Waals surface area contributed by atoms with E-state index in [4.69, 9.17) is 0 Å². The van der Waals surface area contributed by atoms with Gasteiger partial charge in [-0.05, 0) is 24.6 Å². The minimum Gasteiger partial charge on any atom is -0.392 e. The van der Waals surface area contributed by atoms with E-state index < -0.39 is 0 Å². The zero-order valence-corrected chi connectivity index (χ0v) is 14.9. The second-order valence-electron chi connectivity index (χ2n) is 6.16. The van der Waals surface area contributed by atoms with Gasteiger partial charge in [-0.25, -0.2) is 0 Å². The van der Waals surface area contributed by atoms with Gasteiger partial charge in [0.1, 0.15) is 0 Å². The van der Waals surface area contributed by atoms with Crippen molar-refractivity contribution in [1.29, 1.82) is 0 Å². The Kier molecular flexibility index (Phi) is 6.05. The maximum absolute atomic E-state index is 10.2. The SMILES string of the molecule is CCCCCCC(O)CSc1cc2cccnc2c2ncccc12. The number of pyridine rings is 2. The molecule has 3 rings (SSSR count). The van der Waals surface area contributed by atoms with E-state index in [-0.39, 0.29) is 6.10 Å². The number of benzene rings is 1. The van der Waals surface area contributed by atoms with Gasteiger partial charge in [0.05, 0.1) is 17.1 Å². The Morgan fingerprint density at radius 1 is 1.04 bits per heavy atom. The topological polar surface area (TPSA) is 46.0 Å². The fourth-order valence-corrected chi connectivity index (χ4v) is 4.01. The summed E-state index contributed by atoms with van der Waals surface area (Å²) in [4.78, 5) is 10.2. The Balaban J connectivity index is 1.76. The van der Waals surface area contributed by atoms with E-state index in [0.717, 1.165) is 40.4 Å². The molecule has 2 aromatic heterocycles. The lowest BCUT2D eigenvalue weighted by atomic mass is 10.1. The molecule has 1 N–H and O–H groups in total. The molecule has 2 heterocycles. The van der Waals surface area contributed by atoms with Crippen LogP contribution in [0.15, 0.2) is 47.6 Å². The number of unbranched alkanes of at least 4 members (excludes halogenated alkanes) is 3. The monoisotopic (exact) mass is 340 g/mol. The van der Waals surface area contributed by atoms with Gasteiger partial charge in [0.25, 0.3) is 0 Å². The maximum atomic E-state index is 10.2. The van der Waals surface area contributed by atoms with Crippen molar-refractivity contribution in [2.45, 2.75) is 50.0 Å². The van der Waals surface area contributed by atoms with Gasteiger partial charge in [0, 0.05) is 33.8 Å². The normalized spacial score (nSPS) is 12.8. The summed E-state index contributed by atoms with van der Waals surface area (Å²) in [5.74, 6) is 0.724. The number of hydrogen-bond acceptors (Lipinski definition) is 4. The van der Waals surface area contributed by atoms with E-state index in [1.54, 1.807) is 11.8 Å². The number of aliphatic hydroxyl groups excluding tert-OH is 1. The summed E-state index contributed by atoms with van der Waals surface area (Å²) in [5, 5.41) is 12.5. The molecule has 1 atom stereocenters. The van der Waals surface area contributed by atoms with Crippen molar-refractivity contribution in [3.05, 3.63) is 42.7 Å². The van der Waals surface area contributed by atoms with E-state index in [9.17, 15) is 5.11 Å². The van der Waals surface area contributed by atoms with E-state index in [1.165, 1.54) is 24.2 Å². The van der Waals surface area contributed by atoms with E-state index in [2.05, 4.69) is 35.1 Å². The van der Waals surface area contributed by atoms with Gasteiger partial charge < -0.3 is 5.11 Å². The Morgan fingerprint density at radius 2 is 1.83 bits per heavy atom. The third-order valence-electron chi connectivity index (χ3n) is 4.25. The van der Waals surface area contributed by atoms with Crippen LogP contribution in [-0.2, 0) is 0 Å². The minimum absolute atomic E-state index is 0.247. The predicted octanol–water partition coefficient (Wildman–Crippen LogP) is 5.21. The van der Waals surface area contributed by atoms with Crippen molar-refractivity contribution >= 4 is 33.6 Å². The second kappa shape index (κ2) is 8.45. The van der Waals surface area contributed by atoms with Gasteiger partial charge >= 0.3 is 0 Å². The highest BCUT2D eigenvalue weighted by Crippen LogP contribution is 2.32. The molecule has 0 saturated carbocycles. The average molecular weight is 340 g/mol. The third-order valence-corrected chi connectivity index (χ3v) is 5.45. The highest BCUT2D eigenvalue weighted by molar-refractivity contribution is 7.99. The molecule has 0 bridgehead atoms. The molecule has 126 valence electrons. The van der Waals surface area contributed by atoms with Crippen LogP contribution >= 0.6 is 11.8 Å². The first-order valence-electron chi connectivity index (χ1n) is 8.73. The summed E-state index contributed by atoms with van der Waals surface area (Å²) in [7, 11) is 0. The fraction of sp³-hybridized carbons (Fsp3) is 0.400. The van der Waals surface area contributed by atoms with Crippen LogP contribution in [0.2, 0.25) is 0 Å². The number of rotatable bonds is 8. The summed E-state index contributed by atoms with van der Waals surface area (Å²) < 4.78 is 0. The summed E-state index contributed by atoms with van der Waals surface area (Å²) in [6.45, 7) is 2.21. The molecule has 3 aromatic rings. The molecular formula is C20H24N2OS. The first-order valence-corrected chi connectivity index (χ1v) is 9.71. The molecule has 0 saturated heterocycles. The van der Waals surface area contributed by atoms with Crippen LogP contribution in [0.5, 0.6) is 0 Å². The maximum Gasteiger partial charge on any atom is 0.0975 e. The quantitative estimate of drug-likeness (QED) is 0.347. The van der Waals surface area contributed by atoms with Crippen molar-refractivity contribution < 1.29 is 5.11 Å². The summed E-state index contributed by atoms with van der Waals surface area (Å²) in [6, 6.07) is 10.2. The number of hydrogen-bond donors (Lipinski definition) is 1. The van der Waals surface area contributed by atoms with Crippen LogP contribution < -0.4 is 0 Å². The lowest BCUT2D eigenvalue weighted by Gasteiger charge is -2.12. The largest absolute Gasteiger partial charge is 0.392 e. The highest BCUT2D eigenvalue weighted by atomic mass is 32.2. The molecule has 0 amide bonds. The Hall–Kier alpha value is -1.65. The van der Waals surface area contributed by atoms with Gasteiger partial charge in [0.15, 0.2) is 0 Å². The van der Waals surface area contributed by atoms with Crippen LogP contribution in [0.1, 0.15) is 39.0 Å². The van der Waals surface area contributed by atoms with Gasteiger partial charge in [0.2, 0.25) is 0 Å². The zero-order valence-electron chi connectivity index (χ0n) is 14.1. The number of thioether (sulfide) groups is 1. The Labute approximate surface area is 147 Å². The lowest BCUT2D eigenvalue weighted by molar-refractivity contribution is 0.185. The van der Waals surface area contributed by atoms with E-state index >= 15 is 0 Å². The fourth-order valence-electron chi connectivity index (χ4n) is 2.94.